The summed E-state index contributed by atoms with van der Waals surface area (Å²) in [5.41, 5.74) is 3.23. The first-order valence-electron chi connectivity index (χ1n) is 5.24. The molecule has 0 unspecified atom stereocenters. The van der Waals surface area contributed by atoms with Gasteiger partial charge in [0.2, 0.25) is 0 Å². The molecule has 1 rings (SSSR count). The van der Waals surface area contributed by atoms with Crippen LogP contribution < -0.4 is 5.32 Å². The second-order valence-corrected chi connectivity index (χ2v) is 5.30. The third kappa shape index (κ3) is 3.76. The minimum absolute atomic E-state index is 0.545. The van der Waals surface area contributed by atoms with Crippen molar-refractivity contribution < 1.29 is 0 Å². The molecule has 0 aliphatic rings. The fraction of sp³-hybridized carbons (Fsp3) is 0.727. The molecule has 0 atom stereocenters. The standard InChI is InChI=1S/C11H20N2S/c1-8(2)5-10-11(14-7-13-10)6-12-9(3)4/h7-9,12H,5-6H2,1-4H3. The molecule has 0 spiro atoms. The molecule has 0 radical (unpaired) electrons. The Kier molecular flexibility index (Phi) is 4.55. The van der Waals surface area contributed by atoms with Crippen LogP contribution in [0.3, 0.4) is 0 Å². The topological polar surface area (TPSA) is 24.9 Å². The molecule has 0 aliphatic heterocycles. The summed E-state index contributed by atoms with van der Waals surface area (Å²) in [4.78, 5) is 5.81. The summed E-state index contributed by atoms with van der Waals surface area (Å²) in [5, 5.41) is 3.43. The molecule has 3 heteroatoms. The van der Waals surface area contributed by atoms with Crippen molar-refractivity contribution in [2.75, 3.05) is 0 Å². The van der Waals surface area contributed by atoms with Gasteiger partial charge < -0.3 is 5.32 Å². The number of hydrogen-bond donors (Lipinski definition) is 1. The van der Waals surface area contributed by atoms with Crippen molar-refractivity contribution in [3.8, 4) is 0 Å². The van der Waals surface area contributed by atoms with Crippen LogP contribution in [0.4, 0.5) is 0 Å². The van der Waals surface area contributed by atoms with Crippen molar-refractivity contribution >= 4 is 11.3 Å². The zero-order valence-electron chi connectivity index (χ0n) is 9.50. The van der Waals surface area contributed by atoms with Gasteiger partial charge in [-0.2, -0.15) is 0 Å². The predicted octanol–water partition coefficient (Wildman–Crippen LogP) is 2.84. The van der Waals surface area contributed by atoms with Crippen molar-refractivity contribution in [2.45, 2.75) is 46.7 Å². The van der Waals surface area contributed by atoms with E-state index >= 15 is 0 Å². The van der Waals surface area contributed by atoms with Crippen LogP contribution in [0.15, 0.2) is 5.51 Å². The summed E-state index contributed by atoms with van der Waals surface area (Å²) in [5.74, 6) is 0.690. The van der Waals surface area contributed by atoms with Gasteiger partial charge in [-0.3, -0.25) is 0 Å². The maximum absolute atomic E-state index is 4.41. The summed E-state index contributed by atoms with van der Waals surface area (Å²) in [7, 11) is 0. The zero-order valence-corrected chi connectivity index (χ0v) is 10.3. The van der Waals surface area contributed by atoms with Gasteiger partial charge in [0.25, 0.3) is 0 Å². The SMILES string of the molecule is CC(C)Cc1ncsc1CNC(C)C. The molecular formula is C11H20N2S. The average Bonchev–Trinajstić information content (AvgIpc) is 2.47. The van der Waals surface area contributed by atoms with Crippen LogP contribution >= 0.6 is 11.3 Å². The largest absolute Gasteiger partial charge is 0.310 e. The molecule has 2 nitrogen and oxygen atoms in total. The fourth-order valence-corrected chi connectivity index (χ4v) is 2.03. The Bertz CT molecular complexity index is 266. The van der Waals surface area contributed by atoms with Crippen LogP contribution in [0.2, 0.25) is 0 Å². The summed E-state index contributed by atoms with van der Waals surface area (Å²) in [6, 6.07) is 0.545. The molecule has 0 amide bonds. The maximum atomic E-state index is 4.41. The number of aromatic nitrogens is 1. The van der Waals surface area contributed by atoms with E-state index in [1.165, 1.54) is 10.6 Å². The molecule has 1 N–H and O–H groups in total. The lowest BCUT2D eigenvalue weighted by atomic mass is 10.1. The normalized spacial score (nSPS) is 11.6. The van der Waals surface area contributed by atoms with Gasteiger partial charge in [0.15, 0.2) is 0 Å². The van der Waals surface area contributed by atoms with Gasteiger partial charge in [0.05, 0.1) is 11.2 Å². The van der Waals surface area contributed by atoms with E-state index < -0.39 is 0 Å². The third-order valence-corrected chi connectivity index (χ3v) is 2.87. The monoisotopic (exact) mass is 212 g/mol. The summed E-state index contributed by atoms with van der Waals surface area (Å²) in [6.07, 6.45) is 1.10. The molecular weight excluding hydrogens is 192 g/mol. The van der Waals surface area contributed by atoms with E-state index in [4.69, 9.17) is 0 Å². The molecule has 0 aromatic carbocycles. The van der Waals surface area contributed by atoms with Crippen LogP contribution in [0.25, 0.3) is 0 Å². The molecule has 0 saturated heterocycles. The van der Waals surface area contributed by atoms with E-state index in [9.17, 15) is 0 Å². The second kappa shape index (κ2) is 5.47. The first kappa shape index (κ1) is 11.7. The van der Waals surface area contributed by atoms with Crippen molar-refractivity contribution in [2.24, 2.45) is 5.92 Å². The smallest absolute Gasteiger partial charge is 0.0798 e. The minimum atomic E-state index is 0.545. The number of nitrogens with one attached hydrogen (secondary N) is 1. The maximum Gasteiger partial charge on any atom is 0.0798 e. The van der Waals surface area contributed by atoms with Gasteiger partial charge in [0, 0.05) is 17.5 Å². The summed E-state index contributed by atoms with van der Waals surface area (Å²) < 4.78 is 0. The lowest BCUT2D eigenvalue weighted by molar-refractivity contribution is 0.581. The summed E-state index contributed by atoms with van der Waals surface area (Å²) in [6.45, 7) is 9.77. The highest BCUT2D eigenvalue weighted by Crippen LogP contribution is 2.16. The highest BCUT2D eigenvalue weighted by Gasteiger charge is 2.07. The van der Waals surface area contributed by atoms with Gasteiger partial charge in [-0.15, -0.1) is 11.3 Å². The Hall–Kier alpha value is -0.410. The van der Waals surface area contributed by atoms with Crippen LogP contribution in [-0.2, 0) is 13.0 Å². The molecule has 80 valence electrons. The Morgan fingerprint density at radius 1 is 1.36 bits per heavy atom. The Labute approximate surface area is 90.8 Å². The fourth-order valence-electron chi connectivity index (χ4n) is 1.29. The second-order valence-electron chi connectivity index (χ2n) is 4.36. The molecule has 0 aliphatic carbocycles. The average molecular weight is 212 g/mol. The zero-order chi connectivity index (χ0) is 10.6. The van der Waals surface area contributed by atoms with Crippen LogP contribution in [0.5, 0.6) is 0 Å². The first-order chi connectivity index (χ1) is 6.59. The van der Waals surface area contributed by atoms with Gasteiger partial charge in [-0.05, 0) is 12.3 Å². The highest BCUT2D eigenvalue weighted by atomic mass is 32.1. The Balaban J connectivity index is 2.53. The number of rotatable bonds is 5. The quantitative estimate of drug-likeness (QED) is 0.812. The number of hydrogen-bond acceptors (Lipinski definition) is 3. The molecule has 0 bridgehead atoms. The van der Waals surface area contributed by atoms with Crippen LogP contribution in [0.1, 0.15) is 38.3 Å². The molecule has 1 aromatic heterocycles. The van der Waals surface area contributed by atoms with Gasteiger partial charge in [-0.25, -0.2) is 4.98 Å². The number of nitrogens with zero attached hydrogens (tertiary/aromatic N) is 1. The molecule has 0 fully saturated rings. The van der Waals surface area contributed by atoms with Crippen molar-refractivity contribution in [3.63, 3.8) is 0 Å². The molecule has 1 heterocycles. The molecule has 1 aromatic rings. The number of thiazole rings is 1. The van der Waals surface area contributed by atoms with Crippen LogP contribution in [0, 0.1) is 5.92 Å². The van der Waals surface area contributed by atoms with Crippen LogP contribution in [-0.4, -0.2) is 11.0 Å². The highest BCUT2D eigenvalue weighted by molar-refractivity contribution is 7.09. The van der Waals surface area contributed by atoms with E-state index in [2.05, 4.69) is 38.0 Å². The minimum Gasteiger partial charge on any atom is -0.310 e. The summed E-state index contributed by atoms with van der Waals surface area (Å²) >= 11 is 1.76. The van der Waals surface area contributed by atoms with E-state index in [0.29, 0.717) is 12.0 Å². The van der Waals surface area contributed by atoms with Crippen molar-refractivity contribution in [1.82, 2.24) is 10.3 Å². The van der Waals surface area contributed by atoms with Gasteiger partial charge >= 0.3 is 0 Å². The first-order valence-corrected chi connectivity index (χ1v) is 6.12. The predicted molar refractivity (Wildman–Crippen MR) is 62.6 cm³/mol. The van der Waals surface area contributed by atoms with Gasteiger partial charge in [0.1, 0.15) is 0 Å². The van der Waals surface area contributed by atoms with E-state index in [1.807, 2.05) is 5.51 Å². The molecule has 14 heavy (non-hydrogen) atoms. The lowest BCUT2D eigenvalue weighted by Gasteiger charge is -2.08. The lowest BCUT2D eigenvalue weighted by Crippen LogP contribution is -2.22. The molecule has 0 saturated carbocycles. The van der Waals surface area contributed by atoms with Crippen molar-refractivity contribution in [1.29, 1.82) is 0 Å². The Morgan fingerprint density at radius 3 is 2.64 bits per heavy atom. The van der Waals surface area contributed by atoms with E-state index in [1.54, 1.807) is 11.3 Å². The van der Waals surface area contributed by atoms with Gasteiger partial charge in [-0.1, -0.05) is 27.7 Å². The van der Waals surface area contributed by atoms with Crippen molar-refractivity contribution in [3.05, 3.63) is 16.1 Å². The van der Waals surface area contributed by atoms with E-state index in [0.717, 1.165) is 13.0 Å². The van der Waals surface area contributed by atoms with E-state index in [-0.39, 0.29) is 0 Å². The Morgan fingerprint density at radius 2 is 2.07 bits per heavy atom. The third-order valence-electron chi connectivity index (χ3n) is 2.00.